The summed E-state index contributed by atoms with van der Waals surface area (Å²) >= 11 is 0. The Labute approximate surface area is 122 Å². The first kappa shape index (κ1) is 15.8. The summed E-state index contributed by atoms with van der Waals surface area (Å²) in [6.45, 7) is 1.22. The second-order valence-corrected chi connectivity index (χ2v) is 5.28. The number of hydrogen-bond donors (Lipinski definition) is 1. The fourth-order valence-electron chi connectivity index (χ4n) is 2.60. The minimum Gasteiger partial charge on any atom is -0.332 e. The molecule has 6 heteroatoms. The summed E-state index contributed by atoms with van der Waals surface area (Å²) < 4.78 is 37.7. The van der Waals surface area contributed by atoms with Crippen LogP contribution in [0.15, 0.2) is 24.3 Å². The number of fused-ring (bicyclic) bond motifs is 1. The first-order valence-corrected chi connectivity index (χ1v) is 7.06. The molecule has 21 heavy (non-hydrogen) atoms. The van der Waals surface area contributed by atoms with Crippen LogP contribution < -0.4 is 5.32 Å². The number of carbonyl (C=O) groups excluding carboxylic acids is 1. The van der Waals surface area contributed by atoms with Crippen LogP contribution in [0.5, 0.6) is 0 Å². The van der Waals surface area contributed by atoms with E-state index in [1.54, 1.807) is 6.92 Å². The Morgan fingerprint density at radius 2 is 2.00 bits per heavy atom. The number of amides is 1. The molecule has 1 atom stereocenters. The van der Waals surface area contributed by atoms with Crippen molar-refractivity contribution in [3.05, 3.63) is 35.4 Å². The normalized spacial score (nSPS) is 18.2. The number of benzene rings is 1. The summed E-state index contributed by atoms with van der Waals surface area (Å²) in [7, 11) is 0. The zero-order valence-corrected chi connectivity index (χ0v) is 11.9. The lowest BCUT2D eigenvalue weighted by Crippen LogP contribution is -2.51. The fraction of sp³-hybridized carbons (Fsp3) is 0.533. The van der Waals surface area contributed by atoms with Gasteiger partial charge in [-0.1, -0.05) is 31.2 Å². The summed E-state index contributed by atoms with van der Waals surface area (Å²) in [6.07, 6.45) is -3.42. The van der Waals surface area contributed by atoms with Crippen molar-refractivity contribution in [3.63, 3.8) is 0 Å². The molecule has 0 aromatic heterocycles. The molecule has 116 valence electrons. The van der Waals surface area contributed by atoms with E-state index in [1.807, 2.05) is 24.3 Å². The number of carbonyl (C=O) groups is 1. The fourth-order valence-corrected chi connectivity index (χ4v) is 2.60. The smallest absolute Gasteiger partial charge is 0.332 e. The Bertz CT molecular complexity index is 502. The number of halogens is 3. The number of alkyl halides is 3. The lowest BCUT2D eigenvalue weighted by molar-refractivity contribution is -0.162. The minimum absolute atomic E-state index is 0.123. The molecule has 0 fully saturated rings. The predicted molar refractivity (Wildman–Crippen MR) is 73.7 cm³/mol. The third-order valence-electron chi connectivity index (χ3n) is 3.55. The summed E-state index contributed by atoms with van der Waals surface area (Å²) in [5.41, 5.74) is 2.12. The molecule has 0 saturated heterocycles. The van der Waals surface area contributed by atoms with Gasteiger partial charge in [0.05, 0.1) is 6.04 Å². The van der Waals surface area contributed by atoms with Crippen LogP contribution in [0.4, 0.5) is 13.2 Å². The van der Waals surface area contributed by atoms with Crippen LogP contribution in [0.25, 0.3) is 0 Å². The number of nitrogens with zero attached hydrogens (tertiary/aromatic N) is 1. The van der Waals surface area contributed by atoms with Crippen LogP contribution in [0.2, 0.25) is 0 Å². The highest BCUT2D eigenvalue weighted by molar-refractivity contribution is 5.82. The molecule has 1 heterocycles. The average molecular weight is 300 g/mol. The van der Waals surface area contributed by atoms with Crippen molar-refractivity contribution in [2.75, 3.05) is 13.1 Å². The summed E-state index contributed by atoms with van der Waals surface area (Å²) in [4.78, 5) is 13.2. The van der Waals surface area contributed by atoms with Crippen LogP contribution in [-0.4, -0.2) is 36.1 Å². The molecule has 0 aliphatic carbocycles. The van der Waals surface area contributed by atoms with E-state index in [0.29, 0.717) is 19.4 Å². The predicted octanol–water partition coefficient (Wildman–Crippen LogP) is 2.50. The van der Waals surface area contributed by atoms with E-state index >= 15 is 0 Å². The quantitative estimate of drug-likeness (QED) is 0.926. The molecule has 0 radical (unpaired) electrons. The number of nitrogens with one attached hydrogen (secondary N) is 1. The second kappa shape index (κ2) is 6.47. The van der Waals surface area contributed by atoms with Crippen LogP contribution >= 0.6 is 0 Å². The van der Waals surface area contributed by atoms with Gasteiger partial charge in [-0.15, -0.1) is 0 Å². The lowest BCUT2D eigenvalue weighted by Gasteiger charge is -2.31. The van der Waals surface area contributed by atoms with Crippen molar-refractivity contribution >= 4 is 5.91 Å². The van der Waals surface area contributed by atoms with Crippen molar-refractivity contribution < 1.29 is 18.0 Å². The molecule has 1 amide bonds. The third kappa shape index (κ3) is 4.20. The van der Waals surface area contributed by atoms with Crippen molar-refractivity contribution in [1.29, 1.82) is 0 Å². The molecule has 3 nitrogen and oxygen atoms in total. The van der Waals surface area contributed by atoms with E-state index in [4.69, 9.17) is 0 Å². The minimum atomic E-state index is -4.36. The van der Waals surface area contributed by atoms with Gasteiger partial charge in [0.1, 0.15) is 6.54 Å². The average Bonchev–Trinajstić information content (AvgIpc) is 2.44. The second-order valence-electron chi connectivity index (χ2n) is 5.28. The van der Waals surface area contributed by atoms with E-state index in [-0.39, 0.29) is 6.54 Å². The highest BCUT2D eigenvalue weighted by Gasteiger charge is 2.35. The molecule has 0 bridgehead atoms. The first-order valence-electron chi connectivity index (χ1n) is 7.06. The van der Waals surface area contributed by atoms with Gasteiger partial charge in [-0.25, -0.2) is 0 Å². The summed E-state index contributed by atoms with van der Waals surface area (Å²) in [6, 6.07) is 7.10. The van der Waals surface area contributed by atoms with Crippen LogP contribution in [-0.2, 0) is 17.8 Å². The van der Waals surface area contributed by atoms with Gasteiger partial charge in [0.15, 0.2) is 0 Å². The van der Waals surface area contributed by atoms with E-state index in [0.717, 1.165) is 16.0 Å². The molecular formula is C15H19F3N2O. The topological polar surface area (TPSA) is 32.3 Å². The lowest BCUT2D eigenvalue weighted by atomic mass is 9.95. The summed E-state index contributed by atoms with van der Waals surface area (Å²) in [5, 5.41) is 3.04. The molecule has 0 saturated carbocycles. The number of hydrogen-bond acceptors (Lipinski definition) is 2. The molecule has 0 unspecified atom stereocenters. The van der Waals surface area contributed by atoms with Gasteiger partial charge >= 0.3 is 6.18 Å². The van der Waals surface area contributed by atoms with Gasteiger partial charge < -0.3 is 10.2 Å². The maximum atomic E-state index is 12.6. The van der Waals surface area contributed by atoms with E-state index < -0.39 is 24.7 Å². The van der Waals surface area contributed by atoms with Gasteiger partial charge in [0, 0.05) is 13.1 Å². The van der Waals surface area contributed by atoms with Crippen molar-refractivity contribution in [3.8, 4) is 0 Å². The van der Waals surface area contributed by atoms with E-state index in [2.05, 4.69) is 5.32 Å². The van der Waals surface area contributed by atoms with Crippen LogP contribution in [0.3, 0.4) is 0 Å². The molecule has 1 aliphatic heterocycles. The molecule has 1 aromatic rings. The maximum absolute atomic E-state index is 12.6. The van der Waals surface area contributed by atoms with Crippen molar-refractivity contribution in [1.82, 2.24) is 10.2 Å². The van der Waals surface area contributed by atoms with Gasteiger partial charge in [0.25, 0.3) is 0 Å². The Morgan fingerprint density at radius 1 is 1.33 bits per heavy atom. The maximum Gasteiger partial charge on any atom is 0.406 e. The zero-order chi connectivity index (χ0) is 15.5. The highest BCUT2D eigenvalue weighted by atomic mass is 19.4. The van der Waals surface area contributed by atoms with Gasteiger partial charge in [-0.3, -0.25) is 4.79 Å². The van der Waals surface area contributed by atoms with Gasteiger partial charge in [-0.05, 0) is 24.0 Å². The zero-order valence-electron chi connectivity index (χ0n) is 11.9. The van der Waals surface area contributed by atoms with Crippen molar-refractivity contribution in [2.24, 2.45) is 0 Å². The molecule has 0 spiro atoms. The Kier molecular flexibility index (Phi) is 4.88. The van der Waals surface area contributed by atoms with Gasteiger partial charge in [-0.2, -0.15) is 13.2 Å². The van der Waals surface area contributed by atoms with Crippen LogP contribution in [0, 0.1) is 0 Å². The Hall–Kier alpha value is -1.56. The molecule has 2 rings (SSSR count). The van der Waals surface area contributed by atoms with E-state index in [9.17, 15) is 18.0 Å². The largest absolute Gasteiger partial charge is 0.406 e. The molecule has 1 aliphatic rings. The molecular weight excluding hydrogens is 281 g/mol. The van der Waals surface area contributed by atoms with Crippen LogP contribution in [0.1, 0.15) is 24.5 Å². The van der Waals surface area contributed by atoms with Gasteiger partial charge in [0.2, 0.25) is 5.91 Å². The molecule has 1 aromatic carbocycles. The van der Waals surface area contributed by atoms with E-state index in [1.165, 1.54) is 0 Å². The number of rotatable bonds is 4. The standard InChI is InChI=1S/C15H19F3N2O/c1-2-7-20(10-15(16,17)18)14(21)13-8-11-5-3-4-6-12(11)9-19-13/h3-6,13,19H,2,7-10H2,1H3/t13-/m0/s1. The molecule has 1 N–H and O–H groups in total. The highest BCUT2D eigenvalue weighted by Crippen LogP contribution is 2.20. The Balaban J connectivity index is 2.08. The monoisotopic (exact) mass is 300 g/mol. The first-order chi connectivity index (χ1) is 9.90. The van der Waals surface area contributed by atoms with Crippen molar-refractivity contribution in [2.45, 2.75) is 38.5 Å². The third-order valence-corrected chi connectivity index (χ3v) is 3.55. The summed E-state index contributed by atoms with van der Waals surface area (Å²) in [5.74, 6) is -0.469. The Morgan fingerprint density at radius 3 is 2.62 bits per heavy atom. The SMILES string of the molecule is CCCN(CC(F)(F)F)C(=O)[C@@H]1Cc2ccccc2CN1.